The summed E-state index contributed by atoms with van der Waals surface area (Å²) in [5.41, 5.74) is 0. The van der Waals surface area contributed by atoms with E-state index in [4.69, 9.17) is 0 Å². The maximum absolute atomic E-state index is 10.6. The topological polar surface area (TPSA) is 72.5 Å². The maximum Gasteiger partial charge on any atom is 0.420 e. The maximum atomic E-state index is 10.6. The Kier molecular flexibility index (Phi) is 3.14. The van der Waals surface area contributed by atoms with Gasteiger partial charge in [0, 0.05) is 0 Å². The summed E-state index contributed by atoms with van der Waals surface area (Å²) in [6.07, 6.45) is -0.957. The van der Waals surface area contributed by atoms with Crippen molar-refractivity contribution in [3.63, 3.8) is 0 Å². The summed E-state index contributed by atoms with van der Waals surface area (Å²) in [5, 5.41) is 0. The normalized spacial score (nSPS) is 10.6. The molecular weight excluding hydrogens is 158 g/mol. The van der Waals surface area contributed by atoms with E-state index < -0.39 is 16.1 Å². The molecule has 0 bridgehead atoms. The molecular formula is C4H9NO4S. The standard InChI is InChI=1S/C4H9NO4S/c1-3-10(7,8)5-4(6)9-2/h3H2,1-2H3,(H,5,6). The number of methoxy groups -OCH3 is 1. The molecule has 0 fully saturated rings. The highest BCUT2D eigenvalue weighted by Crippen LogP contribution is 1.82. The number of hydrogen-bond donors (Lipinski definition) is 1. The molecule has 10 heavy (non-hydrogen) atoms. The molecule has 0 aromatic heterocycles. The van der Waals surface area contributed by atoms with Gasteiger partial charge >= 0.3 is 6.09 Å². The average Bonchev–Trinajstić information content (AvgIpc) is 1.87. The van der Waals surface area contributed by atoms with Crippen molar-refractivity contribution in [2.45, 2.75) is 6.92 Å². The van der Waals surface area contributed by atoms with Crippen LogP contribution in [0.25, 0.3) is 0 Å². The zero-order valence-corrected chi connectivity index (χ0v) is 6.56. The molecule has 0 aliphatic rings. The molecule has 1 N–H and O–H groups in total. The molecule has 0 spiro atoms. The van der Waals surface area contributed by atoms with Crippen LogP contribution in [0.3, 0.4) is 0 Å². The van der Waals surface area contributed by atoms with Gasteiger partial charge in [-0.1, -0.05) is 0 Å². The number of carbonyl (C=O) groups excluding carboxylic acids is 1. The first kappa shape index (κ1) is 9.22. The molecule has 0 atom stereocenters. The summed E-state index contributed by atoms with van der Waals surface area (Å²) in [5.74, 6) is -0.137. The molecule has 0 heterocycles. The molecule has 0 aliphatic heterocycles. The van der Waals surface area contributed by atoms with E-state index >= 15 is 0 Å². The van der Waals surface area contributed by atoms with Crippen molar-refractivity contribution in [2.24, 2.45) is 0 Å². The Labute approximate surface area is 59.4 Å². The summed E-state index contributed by atoms with van der Waals surface area (Å²) < 4.78 is 26.8. The Balaban J connectivity index is 4.03. The van der Waals surface area contributed by atoms with Gasteiger partial charge in [-0.15, -0.1) is 0 Å². The first-order valence-corrected chi connectivity index (χ1v) is 4.25. The Hall–Kier alpha value is -0.780. The largest absolute Gasteiger partial charge is 0.452 e. The van der Waals surface area contributed by atoms with E-state index in [-0.39, 0.29) is 5.75 Å². The monoisotopic (exact) mass is 167 g/mol. The van der Waals surface area contributed by atoms with Crippen LogP contribution in [0.1, 0.15) is 6.92 Å². The summed E-state index contributed by atoms with van der Waals surface area (Å²) in [4.78, 5) is 10.3. The molecule has 0 unspecified atom stereocenters. The fourth-order valence-electron chi connectivity index (χ4n) is 0.241. The van der Waals surface area contributed by atoms with Gasteiger partial charge in [0.2, 0.25) is 10.0 Å². The molecule has 60 valence electrons. The summed E-state index contributed by atoms with van der Waals surface area (Å²) in [6, 6.07) is 0. The number of ether oxygens (including phenoxy) is 1. The second kappa shape index (κ2) is 3.40. The second-order valence-electron chi connectivity index (χ2n) is 1.50. The molecule has 0 aliphatic carbocycles. The molecule has 0 saturated heterocycles. The number of hydrogen-bond acceptors (Lipinski definition) is 4. The third-order valence-corrected chi connectivity index (χ3v) is 2.04. The smallest absolute Gasteiger partial charge is 0.420 e. The lowest BCUT2D eigenvalue weighted by Crippen LogP contribution is -2.31. The van der Waals surface area contributed by atoms with E-state index in [1.54, 1.807) is 4.72 Å². The van der Waals surface area contributed by atoms with Crippen molar-refractivity contribution in [2.75, 3.05) is 12.9 Å². The van der Waals surface area contributed by atoms with E-state index in [0.29, 0.717) is 0 Å². The number of sulfonamides is 1. The van der Waals surface area contributed by atoms with Crippen molar-refractivity contribution in [1.29, 1.82) is 0 Å². The SMILES string of the molecule is CCS(=O)(=O)NC(=O)OC. The number of amides is 1. The molecule has 0 aromatic carbocycles. The first-order chi connectivity index (χ1) is 4.52. The lowest BCUT2D eigenvalue weighted by Gasteiger charge is -2.00. The van der Waals surface area contributed by atoms with Gasteiger partial charge < -0.3 is 4.74 Å². The van der Waals surface area contributed by atoms with Crippen molar-refractivity contribution in [1.82, 2.24) is 4.72 Å². The second-order valence-corrected chi connectivity index (χ2v) is 3.51. The van der Waals surface area contributed by atoms with Gasteiger partial charge in [0.05, 0.1) is 12.9 Å². The van der Waals surface area contributed by atoms with E-state index in [2.05, 4.69) is 4.74 Å². The minimum Gasteiger partial charge on any atom is -0.452 e. The van der Waals surface area contributed by atoms with Gasteiger partial charge in [-0.25, -0.2) is 17.9 Å². The van der Waals surface area contributed by atoms with Gasteiger partial charge in [0.1, 0.15) is 0 Å². The predicted molar refractivity (Wildman–Crippen MR) is 35.0 cm³/mol. The number of nitrogens with one attached hydrogen (secondary N) is 1. The molecule has 0 aromatic rings. The van der Waals surface area contributed by atoms with Crippen LogP contribution in [-0.2, 0) is 14.8 Å². The fraction of sp³-hybridized carbons (Fsp3) is 0.750. The lowest BCUT2D eigenvalue weighted by atomic mass is 11.0. The van der Waals surface area contributed by atoms with Crippen molar-refractivity contribution in [3.05, 3.63) is 0 Å². The van der Waals surface area contributed by atoms with Crippen molar-refractivity contribution >= 4 is 16.1 Å². The predicted octanol–water partition coefficient (Wildman–Crippen LogP) is -0.308. The van der Waals surface area contributed by atoms with Crippen LogP contribution in [0.2, 0.25) is 0 Å². The summed E-state index contributed by atoms with van der Waals surface area (Å²) in [7, 11) is -2.36. The van der Waals surface area contributed by atoms with Crippen LogP contribution in [0.4, 0.5) is 4.79 Å². The van der Waals surface area contributed by atoms with E-state index in [0.717, 1.165) is 7.11 Å². The first-order valence-electron chi connectivity index (χ1n) is 2.60. The Bertz CT molecular complexity index is 207. The van der Waals surface area contributed by atoms with E-state index in [9.17, 15) is 13.2 Å². The minimum absolute atomic E-state index is 0.137. The van der Waals surface area contributed by atoms with Crippen molar-refractivity contribution in [3.8, 4) is 0 Å². The molecule has 5 nitrogen and oxygen atoms in total. The van der Waals surface area contributed by atoms with Gasteiger partial charge in [0.25, 0.3) is 0 Å². The Morgan fingerprint density at radius 3 is 2.40 bits per heavy atom. The molecule has 0 radical (unpaired) electrons. The molecule has 0 saturated carbocycles. The highest BCUT2D eigenvalue weighted by molar-refractivity contribution is 7.89. The third kappa shape index (κ3) is 3.29. The fourth-order valence-corrected chi connectivity index (χ4v) is 0.722. The number of carbonyl (C=O) groups is 1. The van der Waals surface area contributed by atoms with Crippen LogP contribution in [0, 0.1) is 0 Å². The Morgan fingerprint density at radius 2 is 2.10 bits per heavy atom. The van der Waals surface area contributed by atoms with Crippen LogP contribution < -0.4 is 4.72 Å². The third-order valence-electron chi connectivity index (χ3n) is 0.804. The molecule has 0 rings (SSSR count). The Morgan fingerprint density at radius 1 is 1.60 bits per heavy atom. The van der Waals surface area contributed by atoms with Gasteiger partial charge in [-0.05, 0) is 6.92 Å². The summed E-state index contributed by atoms with van der Waals surface area (Å²) in [6.45, 7) is 1.42. The quantitative estimate of drug-likeness (QED) is 0.612. The lowest BCUT2D eigenvalue weighted by molar-refractivity contribution is 0.177. The highest BCUT2D eigenvalue weighted by Gasteiger charge is 2.10. The van der Waals surface area contributed by atoms with Crippen LogP contribution in [0.15, 0.2) is 0 Å². The minimum atomic E-state index is -3.46. The van der Waals surface area contributed by atoms with E-state index in [1.165, 1.54) is 6.92 Å². The van der Waals surface area contributed by atoms with Gasteiger partial charge in [-0.3, -0.25) is 0 Å². The van der Waals surface area contributed by atoms with E-state index in [1.807, 2.05) is 0 Å². The van der Waals surface area contributed by atoms with Crippen LogP contribution in [0.5, 0.6) is 0 Å². The van der Waals surface area contributed by atoms with Gasteiger partial charge in [-0.2, -0.15) is 0 Å². The molecule has 1 amide bonds. The zero-order chi connectivity index (χ0) is 8.20. The highest BCUT2D eigenvalue weighted by atomic mass is 32.2. The average molecular weight is 167 g/mol. The van der Waals surface area contributed by atoms with Crippen LogP contribution >= 0.6 is 0 Å². The number of rotatable bonds is 2. The molecule has 6 heteroatoms. The summed E-state index contributed by atoms with van der Waals surface area (Å²) >= 11 is 0. The zero-order valence-electron chi connectivity index (χ0n) is 5.75. The van der Waals surface area contributed by atoms with Crippen LogP contribution in [-0.4, -0.2) is 27.4 Å². The van der Waals surface area contributed by atoms with Crippen molar-refractivity contribution < 1.29 is 17.9 Å². The van der Waals surface area contributed by atoms with Gasteiger partial charge in [0.15, 0.2) is 0 Å².